The van der Waals surface area contributed by atoms with Gasteiger partial charge in [0, 0.05) is 19.6 Å². The van der Waals surface area contributed by atoms with Crippen molar-refractivity contribution in [2.24, 2.45) is 0 Å². The second-order valence-electron chi connectivity index (χ2n) is 6.12. The molecule has 3 heteroatoms. The van der Waals surface area contributed by atoms with E-state index in [0.717, 1.165) is 36.2 Å². The quantitative estimate of drug-likeness (QED) is 0.946. The Bertz CT molecular complexity index is 719. The summed E-state index contributed by atoms with van der Waals surface area (Å²) in [5.74, 6) is 0. The van der Waals surface area contributed by atoms with Crippen molar-refractivity contribution < 1.29 is 5.11 Å². The number of benzene rings is 2. The molecule has 3 rings (SSSR count). The predicted octanol–water partition coefficient (Wildman–Crippen LogP) is 2.96. The third-order valence-electron chi connectivity index (χ3n) is 4.44. The second-order valence-corrected chi connectivity index (χ2v) is 6.12. The molecule has 2 aromatic carbocycles. The van der Waals surface area contributed by atoms with Gasteiger partial charge in [0.1, 0.15) is 5.60 Å². The standard InChI is InChI=1S/C19H20N2O/c1-15-5-2-3-8-18(15)19(22)9-10-21(14-19)13-17-7-4-6-16(11-17)12-20/h2-8,11,22H,9-10,13-14H2,1H3/t19-/m1/s1. The molecule has 0 aromatic heterocycles. The van der Waals surface area contributed by atoms with Gasteiger partial charge in [-0.1, -0.05) is 36.4 Å². The normalized spacial score (nSPS) is 21.7. The average Bonchev–Trinajstić information content (AvgIpc) is 2.90. The second kappa shape index (κ2) is 5.92. The van der Waals surface area contributed by atoms with E-state index in [4.69, 9.17) is 5.26 Å². The Labute approximate surface area is 131 Å². The van der Waals surface area contributed by atoms with Gasteiger partial charge in [0.25, 0.3) is 0 Å². The van der Waals surface area contributed by atoms with Crippen LogP contribution in [0, 0.1) is 18.3 Å². The SMILES string of the molecule is Cc1ccccc1[C@@]1(O)CCN(Cc2cccc(C#N)c2)C1. The number of hydrogen-bond donors (Lipinski definition) is 1. The van der Waals surface area contributed by atoms with E-state index >= 15 is 0 Å². The summed E-state index contributed by atoms with van der Waals surface area (Å²) < 4.78 is 0. The number of rotatable bonds is 3. The van der Waals surface area contributed by atoms with Crippen molar-refractivity contribution in [1.82, 2.24) is 4.90 Å². The van der Waals surface area contributed by atoms with E-state index in [1.165, 1.54) is 0 Å². The first-order chi connectivity index (χ1) is 10.6. The molecule has 1 aliphatic rings. The number of nitriles is 1. The van der Waals surface area contributed by atoms with Gasteiger partial charge in [0.2, 0.25) is 0 Å². The highest BCUT2D eigenvalue weighted by Gasteiger charge is 2.38. The molecule has 1 N–H and O–H groups in total. The van der Waals surface area contributed by atoms with Crippen molar-refractivity contribution >= 4 is 0 Å². The number of β-amino-alcohol motifs (C(OH)–C–C–N with tert-alkyl or cyclic N) is 1. The Kier molecular flexibility index (Phi) is 3.98. The van der Waals surface area contributed by atoms with Crippen LogP contribution in [0.15, 0.2) is 48.5 Å². The van der Waals surface area contributed by atoms with Crippen molar-refractivity contribution in [3.63, 3.8) is 0 Å². The third-order valence-corrected chi connectivity index (χ3v) is 4.44. The fourth-order valence-corrected chi connectivity index (χ4v) is 3.32. The van der Waals surface area contributed by atoms with E-state index in [2.05, 4.69) is 11.0 Å². The lowest BCUT2D eigenvalue weighted by Gasteiger charge is -2.25. The van der Waals surface area contributed by atoms with Gasteiger partial charge in [-0.3, -0.25) is 4.90 Å². The zero-order chi connectivity index (χ0) is 15.6. The molecule has 1 heterocycles. The summed E-state index contributed by atoms with van der Waals surface area (Å²) in [5.41, 5.74) is 3.21. The molecule has 0 amide bonds. The molecule has 1 aliphatic heterocycles. The van der Waals surface area contributed by atoms with Gasteiger partial charge in [-0.15, -0.1) is 0 Å². The molecule has 1 saturated heterocycles. The first-order valence-corrected chi connectivity index (χ1v) is 7.61. The zero-order valence-electron chi connectivity index (χ0n) is 12.8. The first kappa shape index (κ1) is 14.8. The molecule has 0 spiro atoms. The lowest BCUT2D eigenvalue weighted by atomic mass is 9.89. The molecule has 0 radical (unpaired) electrons. The maximum absolute atomic E-state index is 11.0. The van der Waals surface area contributed by atoms with Crippen LogP contribution in [0.5, 0.6) is 0 Å². The average molecular weight is 292 g/mol. The van der Waals surface area contributed by atoms with Gasteiger partial charge in [0.15, 0.2) is 0 Å². The smallest absolute Gasteiger partial charge is 0.104 e. The van der Waals surface area contributed by atoms with E-state index in [9.17, 15) is 5.11 Å². The fourth-order valence-electron chi connectivity index (χ4n) is 3.32. The molecule has 2 aromatic rings. The molecule has 112 valence electrons. The summed E-state index contributed by atoms with van der Waals surface area (Å²) in [6, 6.07) is 17.9. The Morgan fingerprint density at radius 1 is 1.23 bits per heavy atom. The summed E-state index contributed by atoms with van der Waals surface area (Å²) in [5, 5.41) is 20.0. The first-order valence-electron chi connectivity index (χ1n) is 7.61. The van der Waals surface area contributed by atoms with Gasteiger partial charge >= 0.3 is 0 Å². The summed E-state index contributed by atoms with van der Waals surface area (Å²) >= 11 is 0. The maximum Gasteiger partial charge on any atom is 0.104 e. The molecule has 0 bridgehead atoms. The highest BCUT2D eigenvalue weighted by atomic mass is 16.3. The number of likely N-dealkylation sites (tertiary alicyclic amines) is 1. The summed E-state index contributed by atoms with van der Waals surface area (Å²) in [7, 11) is 0. The van der Waals surface area contributed by atoms with Gasteiger partial charge < -0.3 is 5.11 Å². The Balaban J connectivity index is 1.75. The van der Waals surface area contributed by atoms with Crippen molar-refractivity contribution in [3.8, 4) is 6.07 Å². The monoisotopic (exact) mass is 292 g/mol. The fraction of sp³-hybridized carbons (Fsp3) is 0.316. The molecule has 22 heavy (non-hydrogen) atoms. The van der Waals surface area contributed by atoms with E-state index in [-0.39, 0.29) is 0 Å². The number of aryl methyl sites for hydroxylation is 1. The number of hydrogen-bond acceptors (Lipinski definition) is 3. The molecular formula is C19H20N2O. The number of nitrogens with zero attached hydrogens (tertiary/aromatic N) is 2. The molecule has 0 saturated carbocycles. The minimum absolute atomic E-state index is 0.634. The number of aliphatic hydroxyl groups is 1. The van der Waals surface area contributed by atoms with Crippen LogP contribution in [0.3, 0.4) is 0 Å². The van der Waals surface area contributed by atoms with Gasteiger partial charge in [-0.25, -0.2) is 0 Å². The van der Waals surface area contributed by atoms with E-state index in [1.54, 1.807) is 0 Å². The van der Waals surface area contributed by atoms with Crippen molar-refractivity contribution in [1.29, 1.82) is 5.26 Å². The minimum atomic E-state index is -0.766. The highest BCUT2D eigenvalue weighted by Crippen LogP contribution is 2.34. The summed E-state index contributed by atoms with van der Waals surface area (Å²) in [6.07, 6.45) is 0.746. The Morgan fingerprint density at radius 3 is 2.82 bits per heavy atom. The minimum Gasteiger partial charge on any atom is -0.384 e. The van der Waals surface area contributed by atoms with Crippen LogP contribution in [0.4, 0.5) is 0 Å². The third kappa shape index (κ3) is 2.89. The lowest BCUT2D eigenvalue weighted by Crippen LogP contribution is -2.31. The van der Waals surface area contributed by atoms with Crippen molar-refractivity contribution in [3.05, 3.63) is 70.8 Å². The van der Waals surface area contributed by atoms with E-state index in [1.807, 2.05) is 55.5 Å². The molecule has 1 fully saturated rings. The highest BCUT2D eigenvalue weighted by molar-refractivity contribution is 5.34. The van der Waals surface area contributed by atoms with Gasteiger partial charge in [-0.2, -0.15) is 5.26 Å². The Hall–Kier alpha value is -2.15. The summed E-state index contributed by atoms with van der Waals surface area (Å²) in [4.78, 5) is 2.25. The maximum atomic E-state index is 11.0. The topological polar surface area (TPSA) is 47.3 Å². The predicted molar refractivity (Wildman–Crippen MR) is 86.1 cm³/mol. The molecular weight excluding hydrogens is 272 g/mol. The summed E-state index contributed by atoms with van der Waals surface area (Å²) in [6.45, 7) is 4.31. The van der Waals surface area contributed by atoms with Crippen molar-refractivity contribution in [2.45, 2.75) is 25.5 Å². The van der Waals surface area contributed by atoms with E-state index in [0.29, 0.717) is 12.1 Å². The van der Waals surface area contributed by atoms with Crippen LogP contribution < -0.4 is 0 Å². The zero-order valence-corrected chi connectivity index (χ0v) is 12.8. The van der Waals surface area contributed by atoms with E-state index < -0.39 is 5.60 Å². The van der Waals surface area contributed by atoms with Gasteiger partial charge in [0.05, 0.1) is 11.6 Å². The van der Waals surface area contributed by atoms with Crippen LogP contribution >= 0.6 is 0 Å². The molecule has 1 atom stereocenters. The Morgan fingerprint density at radius 2 is 2.05 bits per heavy atom. The molecule has 0 aliphatic carbocycles. The van der Waals surface area contributed by atoms with Crippen molar-refractivity contribution in [2.75, 3.05) is 13.1 Å². The van der Waals surface area contributed by atoms with Gasteiger partial charge in [-0.05, 0) is 42.2 Å². The van der Waals surface area contributed by atoms with Crippen LogP contribution in [0.2, 0.25) is 0 Å². The van der Waals surface area contributed by atoms with Crippen LogP contribution in [-0.4, -0.2) is 23.1 Å². The van der Waals surface area contributed by atoms with Crippen LogP contribution in [-0.2, 0) is 12.1 Å². The lowest BCUT2D eigenvalue weighted by molar-refractivity contribution is 0.0447. The molecule has 3 nitrogen and oxygen atoms in total. The molecule has 0 unspecified atom stereocenters. The van der Waals surface area contributed by atoms with Crippen LogP contribution in [0.1, 0.15) is 28.7 Å². The van der Waals surface area contributed by atoms with Crippen LogP contribution in [0.25, 0.3) is 0 Å². The largest absolute Gasteiger partial charge is 0.384 e.